The largest absolute Gasteiger partial charge is 0.352 e. The van der Waals surface area contributed by atoms with E-state index in [1.54, 1.807) is 11.8 Å². The van der Waals surface area contributed by atoms with Gasteiger partial charge in [0.25, 0.3) is 5.91 Å². The Bertz CT molecular complexity index is 370. The summed E-state index contributed by atoms with van der Waals surface area (Å²) in [4.78, 5) is 12.9. The highest BCUT2D eigenvalue weighted by Gasteiger charge is 2.10. The minimum absolute atomic E-state index is 0.0186. The molecule has 0 saturated heterocycles. The summed E-state index contributed by atoms with van der Waals surface area (Å²) in [5.41, 5.74) is 0.739. The SMILES string of the molecule is CCC(Cl)CCNC(=O)c1ccccc1SC. The van der Waals surface area contributed by atoms with Crippen LogP contribution >= 0.6 is 23.4 Å². The molecule has 0 saturated carbocycles. The number of rotatable bonds is 6. The average Bonchev–Trinajstić information content (AvgIpc) is 2.38. The summed E-state index contributed by atoms with van der Waals surface area (Å²) in [6, 6.07) is 7.62. The van der Waals surface area contributed by atoms with Crippen molar-refractivity contribution in [1.29, 1.82) is 0 Å². The molecule has 1 aromatic carbocycles. The van der Waals surface area contributed by atoms with E-state index in [2.05, 4.69) is 5.32 Å². The smallest absolute Gasteiger partial charge is 0.252 e. The fourth-order valence-electron chi connectivity index (χ4n) is 1.47. The second-order valence-corrected chi connectivity index (χ2v) is 5.22. The quantitative estimate of drug-likeness (QED) is 0.633. The van der Waals surface area contributed by atoms with Gasteiger partial charge in [-0.3, -0.25) is 4.79 Å². The Morgan fingerprint density at radius 2 is 2.18 bits per heavy atom. The molecule has 1 N–H and O–H groups in total. The number of alkyl halides is 1. The van der Waals surface area contributed by atoms with Crippen LogP contribution in [0.25, 0.3) is 0 Å². The molecule has 1 unspecified atom stereocenters. The van der Waals surface area contributed by atoms with Gasteiger partial charge in [0.1, 0.15) is 0 Å². The first-order valence-corrected chi connectivity index (χ1v) is 7.40. The van der Waals surface area contributed by atoms with Gasteiger partial charge in [-0.25, -0.2) is 0 Å². The Labute approximate surface area is 112 Å². The van der Waals surface area contributed by atoms with Crippen molar-refractivity contribution in [3.63, 3.8) is 0 Å². The van der Waals surface area contributed by atoms with Gasteiger partial charge in [0.05, 0.1) is 5.56 Å². The van der Waals surface area contributed by atoms with E-state index in [0.29, 0.717) is 6.54 Å². The summed E-state index contributed by atoms with van der Waals surface area (Å²) in [5.74, 6) is -0.0186. The van der Waals surface area contributed by atoms with Crippen molar-refractivity contribution in [2.45, 2.75) is 30.0 Å². The van der Waals surface area contributed by atoms with E-state index in [1.807, 2.05) is 37.4 Å². The highest BCUT2D eigenvalue weighted by atomic mass is 35.5. The lowest BCUT2D eigenvalue weighted by Gasteiger charge is -2.10. The van der Waals surface area contributed by atoms with Gasteiger partial charge < -0.3 is 5.32 Å². The lowest BCUT2D eigenvalue weighted by Crippen LogP contribution is -2.26. The Balaban J connectivity index is 2.52. The number of carbonyl (C=O) groups is 1. The summed E-state index contributed by atoms with van der Waals surface area (Å²) in [6.07, 6.45) is 3.71. The number of carbonyl (C=O) groups excluding carboxylic acids is 1. The molecule has 1 rings (SSSR count). The maximum Gasteiger partial charge on any atom is 0.252 e. The minimum atomic E-state index is -0.0186. The molecule has 0 heterocycles. The number of hydrogen-bond acceptors (Lipinski definition) is 2. The van der Waals surface area contributed by atoms with Crippen LogP contribution in [0.5, 0.6) is 0 Å². The maximum absolute atomic E-state index is 11.9. The Morgan fingerprint density at radius 1 is 1.47 bits per heavy atom. The third-order valence-corrected chi connectivity index (χ3v) is 3.86. The number of thioether (sulfide) groups is 1. The van der Waals surface area contributed by atoms with Crippen molar-refractivity contribution in [2.24, 2.45) is 0 Å². The van der Waals surface area contributed by atoms with E-state index in [1.165, 1.54) is 0 Å². The molecule has 1 aromatic rings. The highest BCUT2D eigenvalue weighted by Crippen LogP contribution is 2.19. The summed E-state index contributed by atoms with van der Waals surface area (Å²) >= 11 is 7.58. The summed E-state index contributed by atoms with van der Waals surface area (Å²) in [6.45, 7) is 2.67. The summed E-state index contributed by atoms with van der Waals surface area (Å²) in [7, 11) is 0. The molecule has 0 aliphatic rings. The lowest BCUT2D eigenvalue weighted by atomic mass is 10.2. The lowest BCUT2D eigenvalue weighted by molar-refractivity contribution is 0.0950. The van der Waals surface area contributed by atoms with Crippen molar-refractivity contribution < 1.29 is 4.79 Å². The maximum atomic E-state index is 11.9. The van der Waals surface area contributed by atoms with Gasteiger partial charge in [0.15, 0.2) is 0 Å². The van der Waals surface area contributed by atoms with Gasteiger partial charge >= 0.3 is 0 Å². The van der Waals surface area contributed by atoms with Crippen molar-refractivity contribution in [1.82, 2.24) is 5.32 Å². The standard InChI is InChI=1S/C13H18ClNOS/c1-3-10(14)8-9-15-13(16)11-6-4-5-7-12(11)17-2/h4-7,10H,3,8-9H2,1-2H3,(H,15,16). The van der Waals surface area contributed by atoms with Crippen LogP contribution in [-0.4, -0.2) is 24.1 Å². The van der Waals surface area contributed by atoms with Crippen LogP contribution in [0, 0.1) is 0 Å². The van der Waals surface area contributed by atoms with E-state index in [-0.39, 0.29) is 11.3 Å². The third kappa shape index (κ3) is 4.60. The van der Waals surface area contributed by atoms with Gasteiger partial charge in [-0.1, -0.05) is 19.1 Å². The second kappa shape index (κ2) is 7.62. The van der Waals surface area contributed by atoms with Crippen LogP contribution in [0.1, 0.15) is 30.1 Å². The minimum Gasteiger partial charge on any atom is -0.352 e. The first-order valence-electron chi connectivity index (χ1n) is 5.74. The molecule has 0 aliphatic heterocycles. The molecule has 2 nitrogen and oxygen atoms in total. The van der Waals surface area contributed by atoms with E-state index in [0.717, 1.165) is 23.3 Å². The molecule has 0 spiro atoms. The van der Waals surface area contributed by atoms with Gasteiger partial charge in [0, 0.05) is 16.8 Å². The third-order valence-electron chi connectivity index (χ3n) is 2.54. The Hall–Kier alpha value is -0.670. The summed E-state index contributed by atoms with van der Waals surface area (Å²) < 4.78 is 0. The van der Waals surface area contributed by atoms with E-state index < -0.39 is 0 Å². The van der Waals surface area contributed by atoms with Crippen LogP contribution in [0.2, 0.25) is 0 Å². The zero-order chi connectivity index (χ0) is 12.7. The van der Waals surface area contributed by atoms with Crippen molar-refractivity contribution in [3.8, 4) is 0 Å². The zero-order valence-electron chi connectivity index (χ0n) is 10.2. The van der Waals surface area contributed by atoms with Gasteiger partial charge in [-0.15, -0.1) is 23.4 Å². The molecule has 17 heavy (non-hydrogen) atoms. The molecular formula is C13H18ClNOS. The first-order chi connectivity index (χ1) is 8.19. The molecule has 4 heteroatoms. The van der Waals surface area contributed by atoms with Crippen LogP contribution in [0.4, 0.5) is 0 Å². The molecule has 0 aliphatic carbocycles. The van der Waals surface area contributed by atoms with E-state index >= 15 is 0 Å². The molecule has 1 atom stereocenters. The van der Waals surface area contributed by atoms with Crippen LogP contribution < -0.4 is 5.32 Å². The molecule has 0 aromatic heterocycles. The molecular weight excluding hydrogens is 254 g/mol. The predicted octanol–water partition coefficient (Wildman–Crippen LogP) is 3.55. The van der Waals surface area contributed by atoms with Gasteiger partial charge in [-0.2, -0.15) is 0 Å². The first kappa shape index (κ1) is 14.4. The number of benzene rings is 1. The van der Waals surface area contributed by atoms with E-state index in [9.17, 15) is 4.79 Å². The number of hydrogen-bond donors (Lipinski definition) is 1. The van der Waals surface area contributed by atoms with Crippen LogP contribution in [0.3, 0.4) is 0 Å². The van der Waals surface area contributed by atoms with Crippen molar-refractivity contribution in [2.75, 3.05) is 12.8 Å². The fourth-order valence-corrected chi connectivity index (χ4v) is 2.18. The van der Waals surface area contributed by atoms with E-state index in [4.69, 9.17) is 11.6 Å². The molecule has 0 radical (unpaired) electrons. The normalized spacial score (nSPS) is 12.2. The second-order valence-electron chi connectivity index (χ2n) is 3.75. The topological polar surface area (TPSA) is 29.1 Å². The highest BCUT2D eigenvalue weighted by molar-refractivity contribution is 7.98. The van der Waals surface area contributed by atoms with Crippen molar-refractivity contribution >= 4 is 29.3 Å². The molecule has 1 amide bonds. The van der Waals surface area contributed by atoms with Crippen molar-refractivity contribution in [3.05, 3.63) is 29.8 Å². The molecule has 0 bridgehead atoms. The Kier molecular flexibility index (Phi) is 6.45. The predicted molar refractivity (Wildman–Crippen MR) is 75.1 cm³/mol. The fraction of sp³-hybridized carbons (Fsp3) is 0.462. The summed E-state index contributed by atoms with van der Waals surface area (Å²) in [5, 5.41) is 3.05. The van der Waals surface area contributed by atoms with Crippen LogP contribution in [0.15, 0.2) is 29.2 Å². The average molecular weight is 272 g/mol. The van der Waals surface area contributed by atoms with Gasteiger partial charge in [0.2, 0.25) is 0 Å². The zero-order valence-corrected chi connectivity index (χ0v) is 11.8. The van der Waals surface area contributed by atoms with Gasteiger partial charge in [-0.05, 0) is 31.2 Å². The molecule has 0 fully saturated rings. The Morgan fingerprint density at radius 3 is 2.82 bits per heavy atom. The number of amides is 1. The number of halogens is 1. The van der Waals surface area contributed by atoms with Crippen LogP contribution in [-0.2, 0) is 0 Å². The number of nitrogens with one attached hydrogen (secondary N) is 1. The monoisotopic (exact) mass is 271 g/mol. The molecule has 94 valence electrons.